The molecular weight excluding hydrogens is 169 g/mol. The smallest absolute Gasteiger partial charge is 0.788 e. The van der Waals surface area contributed by atoms with E-state index in [1.54, 1.807) is 0 Å². The molecule has 0 radical (unpaired) electrons. The summed E-state index contributed by atoms with van der Waals surface area (Å²) in [6, 6.07) is 0. The summed E-state index contributed by atoms with van der Waals surface area (Å²) in [5.74, 6) is 0. The molecule has 0 N–H and O–H groups in total. The SMILES string of the molecule is COOP(=O)([O-])[O-].[Na+].[Na+]. The van der Waals surface area contributed by atoms with E-state index in [2.05, 4.69) is 9.56 Å². The van der Waals surface area contributed by atoms with Gasteiger partial charge in [0.2, 0.25) is 0 Å². The third kappa shape index (κ3) is 17.8. The number of hydrogen-bond acceptors (Lipinski definition) is 5. The molecule has 0 aromatic rings. The Morgan fingerprint density at radius 1 is 1.33 bits per heavy atom. The maximum Gasteiger partial charge on any atom is 1.00 e. The van der Waals surface area contributed by atoms with E-state index < -0.39 is 7.82 Å². The summed E-state index contributed by atoms with van der Waals surface area (Å²) in [4.78, 5) is 22.2. The van der Waals surface area contributed by atoms with Crippen molar-refractivity contribution in [3.63, 3.8) is 0 Å². The van der Waals surface area contributed by atoms with Crippen molar-refractivity contribution >= 4 is 7.82 Å². The molecule has 0 rings (SSSR count). The summed E-state index contributed by atoms with van der Waals surface area (Å²) in [6.07, 6.45) is 0. The molecule has 5 nitrogen and oxygen atoms in total. The molecule has 8 heteroatoms. The third-order valence-corrected chi connectivity index (χ3v) is 0.497. The summed E-state index contributed by atoms with van der Waals surface area (Å²) < 4.78 is 12.5. The van der Waals surface area contributed by atoms with E-state index in [4.69, 9.17) is 0 Å². The van der Waals surface area contributed by atoms with Gasteiger partial charge in [-0.2, -0.15) is 0 Å². The van der Waals surface area contributed by atoms with Gasteiger partial charge in [-0.1, -0.05) is 0 Å². The Balaban J connectivity index is -0.000000180. The minimum atomic E-state index is -4.89. The van der Waals surface area contributed by atoms with E-state index in [1.807, 2.05) is 0 Å². The van der Waals surface area contributed by atoms with E-state index >= 15 is 0 Å². The fourth-order valence-corrected chi connectivity index (χ4v) is 0.274. The first-order chi connectivity index (χ1) is 3.06. The van der Waals surface area contributed by atoms with Gasteiger partial charge in [0.05, 0.1) is 7.11 Å². The van der Waals surface area contributed by atoms with Gasteiger partial charge in [-0.3, -0.25) is 0 Å². The minimum Gasteiger partial charge on any atom is -0.788 e. The topological polar surface area (TPSA) is 81.7 Å². The van der Waals surface area contributed by atoms with Crippen molar-refractivity contribution in [2.45, 2.75) is 0 Å². The monoisotopic (exact) mass is 172 g/mol. The maximum atomic E-state index is 9.36. The van der Waals surface area contributed by atoms with Crippen LogP contribution in [-0.2, 0) is 14.1 Å². The second-order valence-corrected chi connectivity index (χ2v) is 1.73. The van der Waals surface area contributed by atoms with Crippen molar-refractivity contribution in [2.24, 2.45) is 0 Å². The summed E-state index contributed by atoms with van der Waals surface area (Å²) >= 11 is 0. The molecule has 9 heavy (non-hydrogen) atoms. The Bertz CT molecular complexity index is 89.0. The summed E-state index contributed by atoms with van der Waals surface area (Å²) in [6.45, 7) is 0. The van der Waals surface area contributed by atoms with Gasteiger partial charge in [0, 0.05) is 0 Å². The predicted octanol–water partition coefficient (Wildman–Crippen LogP) is -7.60. The van der Waals surface area contributed by atoms with Crippen LogP contribution in [0.15, 0.2) is 0 Å². The first kappa shape index (κ1) is 17.2. The zero-order valence-corrected chi connectivity index (χ0v) is 10.4. The molecule has 0 aromatic carbocycles. The van der Waals surface area contributed by atoms with Crippen molar-refractivity contribution in [3.05, 3.63) is 0 Å². The summed E-state index contributed by atoms with van der Waals surface area (Å²) in [7, 11) is -3.95. The quantitative estimate of drug-likeness (QED) is 0.179. The molecule has 0 bridgehead atoms. The van der Waals surface area contributed by atoms with Gasteiger partial charge in [-0.15, -0.1) is 0 Å². The van der Waals surface area contributed by atoms with Crippen LogP contribution in [0.25, 0.3) is 0 Å². The van der Waals surface area contributed by atoms with Crippen LogP contribution in [0.2, 0.25) is 0 Å². The van der Waals surface area contributed by atoms with Gasteiger partial charge < -0.3 is 14.4 Å². The number of hydrogen-bond donors (Lipinski definition) is 0. The summed E-state index contributed by atoms with van der Waals surface area (Å²) in [5.41, 5.74) is 0. The number of rotatable bonds is 2. The first-order valence-corrected chi connectivity index (χ1v) is 2.77. The second kappa shape index (κ2) is 8.17. The molecule has 0 saturated carbocycles. The third-order valence-electron chi connectivity index (χ3n) is 0.166. The maximum absolute atomic E-state index is 9.36. The fourth-order valence-electron chi connectivity index (χ4n) is 0.0913. The first-order valence-electron chi connectivity index (χ1n) is 1.31. The molecule has 0 unspecified atom stereocenters. The predicted molar refractivity (Wildman–Crippen MR) is 15.7 cm³/mol. The van der Waals surface area contributed by atoms with Crippen LogP contribution >= 0.6 is 7.82 Å². The van der Waals surface area contributed by atoms with Gasteiger partial charge in [-0.05, 0) is 0 Å². The molecule has 0 aliphatic rings. The molecule has 0 spiro atoms. The van der Waals surface area contributed by atoms with Crippen LogP contribution in [0.3, 0.4) is 0 Å². The average Bonchev–Trinajstić information content (AvgIpc) is 1.30. The minimum absolute atomic E-state index is 0. The normalized spacial score (nSPS) is 9.22. The Kier molecular flexibility index (Phi) is 15.6. The van der Waals surface area contributed by atoms with Gasteiger partial charge in [0.25, 0.3) is 0 Å². The molecule has 0 aromatic heterocycles. The standard InChI is InChI=1S/CH5O5P.2Na/c1-5-6-7(2,3)4;;/h1H3,(H2,2,3,4);;/q;2*+1/p-2. The van der Waals surface area contributed by atoms with Gasteiger partial charge in [0.15, 0.2) is 0 Å². The van der Waals surface area contributed by atoms with Crippen LogP contribution in [0.4, 0.5) is 0 Å². The van der Waals surface area contributed by atoms with Crippen molar-refractivity contribution in [2.75, 3.05) is 7.11 Å². The van der Waals surface area contributed by atoms with E-state index in [-0.39, 0.29) is 59.1 Å². The van der Waals surface area contributed by atoms with Gasteiger partial charge in [-0.25, -0.2) is 9.56 Å². The molecular formula is CH3Na2O5P. The second-order valence-electron chi connectivity index (χ2n) is 0.688. The molecule has 0 aliphatic heterocycles. The molecule has 0 aliphatic carbocycles. The molecule has 0 amide bonds. The van der Waals surface area contributed by atoms with Gasteiger partial charge in [0.1, 0.15) is 7.82 Å². The van der Waals surface area contributed by atoms with Crippen molar-refractivity contribution in [1.29, 1.82) is 0 Å². The fraction of sp³-hybridized carbons (Fsp3) is 1.00. The zero-order valence-electron chi connectivity index (χ0n) is 5.49. The van der Waals surface area contributed by atoms with E-state index in [1.165, 1.54) is 0 Å². The van der Waals surface area contributed by atoms with Crippen LogP contribution in [0.1, 0.15) is 0 Å². The van der Waals surface area contributed by atoms with Crippen LogP contribution in [0.5, 0.6) is 0 Å². The van der Waals surface area contributed by atoms with E-state index in [9.17, 15) is 14.4 Å². The van der Waals surface area contributed by atoms with E-state index in [0.29, 0.717) is 0 Å². The molecule has 0 heterocycles. The summed E-state index contributed by atoms with van der Waals surface area (Å²) in [5, 5.41) is 0. The Hall–Kier alpha value is 2.07. The van der Waals surface area contributed by atoms with Crippen LogP contribution in [0, 0.1) is 0 Å². The Morgan fingerprint density at radius 3 is 1.67 bits per heavy atom. The molecule has 0 fully saturated rings. The van der Waals surface area contributed by atoms with Crippen molar-refractivity contribution in [1.82, 2.24) is 0 Å². The zero-order chi connectivity index (χ0) is 5.91. The van der Waals surface area contributed by atoms with Crippen LogP contribution < -0.4 is 68.9 Å². The average molecular weight is 172 g/mol. The van der Waals surface area contributed by atoms with Crippen molar-refractivity contribution < 1.29 is 83.0 Å². The Morgan fingerprint density at radius 2 is 1.67 bits per heavy atom. The van der Waals surface area contributed by atoms with E-state index in [0.717, 1.165) is 7.11 Å². The molecule has 44 valence electrons. The molecule has 0 saturated heterocycles. The van der Waals surface area contributed by atoms with Crippen molar-refractivity contribution in [3.8, 4) is 0 Å². The number of phosphoric acid groups is 1. The largest absolute Gasteiger partial charge is 1.00 e. The van der Waals surface area contributed by atoms with Gasteiger partial charge >= 0.3 is 59.1 Å². The van der Waals surface area contributed by atoms with Crippen LogP contribution in [-0.4, -0.2) is 7.11 Å². The Labute approximate surface area is 96.9 Å². The molecule has 0 atom stereocenters.